The van der Waals surface area contributed by atoms with Gasteiger partial charge in [-0.3, -0.25) is 0 Å². The molecule has 0 fully saturated rings. The quantitative estimate of drug-likeness (QED) is 0.0853. The highest BCUT2D eigenvalue weighted by molar-refractivity contribution is 5.81. The Kier molecular flexibility index (Phi) is 23.0. The molecule has 0 saturated carbocycles. The summed E-state index contributed by atoms with van der Waals surface area (Å²) in [6.45, 7) is 6.37. The number of hydrogen-bond acceptors (Lipinski definition) is 6. The summed E-state index contributed by atoms with van der Waals surface area (Å²) in [6.07, 6.45) is 19.7. The fraction of sp³-hybridized carbons (Fsp3) is 0.765. The molecule has 0 spiro atoms. The first-order valence-electron chi connectivity index (χ1n) is 16.3. The highest BCUT2D eigenvalue weighted by Crippen LogP contribution is 2.14. The molecule has 0 aliphatic heterocycles. The number of hydrogen-bond donors (Lipinski definition) is 2. The van der Waals surface area contributed by atoms with Crippen LogP contribution in [0.4, 0.5) is 4.79 Å². The number of nitrogens with one attached hydrogen (secondary N) is 1. The van der Waals surface area contributed by atoms with E-state index in [-0.39, 0.29) is 25.7 Å². The average Bonchev–Trinajstić information content (AvgIpc) is 2.97. The van der Waals surface area contributed by atoms with Crippen molar-refractivity contribution < 1.29 is 28.9 Å². The molecular weight excluding hydrogens is 518 g/mol. The molecular formula is C34H59NO6. The first kappa shape index (κ1) is 36.9. The minimum absolute atomic E-state index is 0.110. The number of aliphatic hydroxyl groups is 1. The molecule has 0 saturated heterocycles. The monoisotopic (exact) mass is 577 g/mol. The predicted octanol–water partition coefficient (Wildman–Crippen LogP) is 8.12. The van der Waals surface area contributed by atoms with Gasteiger partial charge in [0.15, 0.2) is 0 Å². The highest BCUT2D eigenvalue weighted by atomic mass is 16.6. The van der Waals surface area contributed by atoms with Gasteiger partial charge in [0.05, 0.1) is 13.2 Å². The number of carbonyl (C=O) groups excluding carboxylic acids is 2. The van der Waals surface area contributed by atoms with Crippen molar-refractivity contribution in [1.82, 2.24) is 5.32 Å². The first-order chi connectivity index (χ1) is 20.0. The first-order valence-corrected chi connectivity index (χ1v) is 16.3. The van der Waals surface area contributed by atoms with Crippen LogP contribution < -0.4 is 5.32 Å². The average molecular weight is 578 g/mol. The van der Waals surface area contributed by atoms with Crippen molar-refractivity contribution in [3.63, 3.8) is 0 Å². The van der Waals surface area contributed by atoms with Crippen molar-refractivity contribution in [2.24, 2.45) is 5.92 Å². The molecule has 0 aromatic heterocycles. The van der Waals surface area contributed by atoms with Crippen LogP contribution in [-0.4, -0.2) is 49.1 Å². The van der Waals surface area contributed by atoms with Crippen LogP contribution >= 0.6 is 0 Å². The minimum Gasteiger partial charge on any atom is -0.456 e. The van der Waals surface area contributed by atoms with Crippen LogP contribution in [0, 0.1) is 5.92 Å². The van der Waals surface area contributed by atoms with E-state index in [9.17, 15) is 14.7 Å². The van der Waals surface area contributed by atoms with Crippen LogP contribution in [-0.2, 0) is 25.6 Å². The second-order valence-corrected chi connectivity index (χ2v) is 11.5. The Balaban J connectivity index is 2.06. The van der Waals surface area contributed by atoms with Gasteiger partial charge in [-0.25, -0.2) is 9.59 Å². The molecule has 0 radical (unpaired) electrons. The summed E-state index contributed by atoms with van der Waals surface area (Å²) in [7, 11) is 0. The summed E-state index contributed by atoms with van der Waals surface area (Å²) < 4.78 is 16.3. The van der Waals surface area contributed by atoms with Gasteiger partial charge in [-0.05, 0) is 17.9 Å². The van der Waals surface area contributed by atoms with E-state index in [4.69, 9.17) is 14.2 Å². The third-order valence-corrected chi connectivity index (χ3v) is 7.34. The molecule has 41 heavy (non-hydrogen) atoms. The number of carbonyl (C=O) groups is 2. The standard InChI is InChI=1S/C34H59NO6/c1-4-5-6-7-8-9-10-11-12-13-14-15-16-17-18-22-25-39-28-31(26-36)41-33(37)32(29(2)3)35-34(38)40-27-30-23-20-19-21-24-30/h19-21,23-24,29,31-32,36H,4-18,22,25-28H2,1-3H3,(H,35,38). The maximum Gasteiger partial charge on any atom is 0.408 e. The molecule has 1 rings (SSSR count). The van der Waals surface area contributed by atoms with Gasteiger partial charge in [-0.15, -0.1) is 0 Å². The molecule has 2 unspecified atom stereocenters. The zero-order valence-electron chi connectivity index (χ0n) is 26.2. The predicted molar refractivity (Wildman–Crippen MR) is 166 cm³/mol. The van der Waals surface area contributed by atoms with E-state index in [1.165, 1.54) is 89.9 Å². The van der Waals surface area contributed by atoms with E-state index in [0.29, 0.717) is 6.61 Å². The lowest BCUT2D eigenvalue weighted by molar-refractivity contribution is -0.158. The van der Waals surface area contributed by atoms with Crippen molar-refractivity contribution in [2.45, 2.75) is 142 Å². The third-order valence-electron chi connectivity index (χ3n) is 7.34. The minimum atomic E-state index is -0.882. The number of aliphatic hydroxyl groups excluding tert-OH is 1. The zero-order valence-corrected chi connectivity index (χ0v) is 26.2. The maximum absolute atomic E-state index is 12.7. The van der Waals surface area contributed by atoms with E-state index in [1.54, 1.807) is 0 Å². The lowest BCUT2D eigenvalue weighted by atomic mass is 10.0. The summed E-state index contributed by atoms with van der Waals surface area (Å²) in [5.74, 6) is -0.820. The maximum atomic E-state index is 12.7. The molecule has 0 bridgehead atoms. The normalized spacial score (nSPS) is 12.7. The molecule has 1 aromatic rings. The lowest BCUT2D eigenvalue weighted by Gasteiger charge is -2.23. The summed E-state index contributed by atoms with van der Waals surface area (Å²) in [6, 6.07) is 8.44. The van der Waals surface area contributed by atoms with Gasteiger partial charge in [0.1, 0.15) is 18.8 Å². The number of unbranched alkanes of at least 4 members (excludes halogenated alkanes) is 15. The lowest BCUT2D eigenvalue weighted by Crippen LogP contribution is -2.47. The molecule has 7 heteroatoms. The van der Waals surface area contributed by atoms with Crippen LogP contribution in [0.5, 0.6) is 0 Å². The van der Waals surface area contributed by atoms with Crippen molar-refractivity contribution in [3.05, 3.63) is 35.9 Å². The number of esters is 1. The molecule has 1 amide bonds. The van der Waals surface area contributed by atoms with Gasteiger partial charge in [-0.2, -0.15) is 0 Å². The highest BCUT2D eigenvalue weighted by Gasteiger charge is 2.28. The fourth-order valence-electron chi connectivity index (χ4n) is 4.72. The second kappa shape index (κ2) is 25.6. The zero-order chi connectivity index (χ0) is 30.0. The van der Waals surface area contributed by atoms with Gasteiger partial charge < -0.3 is 24.6 Å². The number of alkyl carbamates (subject to hydrolysis) is 1. The molecule has 0 aliphatic carbocycles. The van der Waals surface area contributed by atoms with Crippen molar-refractivity contribution in [3.8, 4) is 0 Å². The number of amides is 1. The fourth-order valence-corrected chi connectivity index (χ4v) is 4.72. The SMILES string of the molecule is CCCCCCCCCCCCCCCCCCOCC(CO)OC(=O)C(NC(=O)OCc1ccccc1)C(C)C. The Hall–Kier alpha value is -2.12. The van der Waals surface area contributed by atoms with Crippen LogP contribution in [0.3, 0.4) is 0 Å². The Morgan fingerprint density at radius 2 is 1.29 bits per heavy atom. The Morgan fingerprint density at radius 1 is 0.780 bits per heavy atom. The number of rotatable bonds is 26. The Labute approximate surface area is 250 Å². The van der Waals surface area contributed by atoms with Crippen molar-refractivity contribution >= 4 is 12.1 Å². The molecule has 2 N–H and O–H groups in total. The van der Waals surface area contributed by atoms with E-state index < -0.39 is 24.2 Å². The molecule has 236 valence electrons. The van der Waals surface area contributed by atoms with E-state index in [2.05, 4.69) is 12.2 Å². The smallest absolute Gasteiger partial charge is 0.408 e. The van der Waals surface area contributed by atoms with Crippen molar-refractivity contribution in [2.75, 3.05) is 19.8 Å². The Morgan fingerprint density at radius 3 is 1.78 bits per heavy atom. The van der Waals surface area contributed by atoms with Gasteiger partial charge in [0.2, 0.25) is 0 Å². The molecule has 2 atom stereocenters. The molecule has 7 nitrogen and oxygen atoms in total. The summed E-state index contributed by atoms with van der Waals surface area (Å²) in [5, 5.41) is 12.2. The second-order valence-electron chi connectivity index (χ2n) is 11.5. The van der Waals surface area contributed by atoms with Crippen LogP contribution in [0.25, 0.3) is 0 Å². The van der Waals surface area contributed by atoms with Gasteiger partial charge >= 0.3 is 12.1 Å². The number of ether oxygens (including phenoxy) is 3. The topological polar surface area (TPSA) is 94.1 Å². The number of benzene rings is 1. The summed E-state index contributed by atoms with van der Waals surface area (Å²) >= 11 is 0. The van der Waals surface area contributed by atoms with E-state index in [0.717, 1.165) is 18.4 Å². The van der Waals surface area contributed by atoms with Gasteiger partial charge in [-0.1, -0.05) is 147 Å². The molecule has 0 heterocycles. The molecule has 1 aromatic carbocycles. The van der Waals surface area contributed by atoms with Crippen molar-refractivity contribution in [1.29, 1.82) is 0 Å². The van der Waals surface area contributed by atoms with Crippen LogP contribution in [0.2, 0.25) is 0 Å². The molecule has 0 aliphatic rings. The van der Waals surface area contributed by atoms with Gasteiger partial charge in [0, 0.05) is 6.61 Å². The van der Waals surface area contributed by atoms with Crippen LogP contribution in [0.1, 0.15) is 129 Å². The van der Waals surface area contributed by atoms with Crippen LogP contribution in [0.15, 0.2) is 30.3 Å². The summed E-state index contributed by atoms with van der Waals surface area (Å²) in [5.41, 5.74) is 0.855. The third kappa shape index (κ3) is 20.4. The Bertz CT molecular complexity index is 757. The summed E-state index contributed by atoms with van der Waals surface area (Å²) in [4.78, 5) is 24.9. The van der Waals surface area contributed by atoms with Gasteiger partial charge in [0.25, 0.3) is 0 Å². The largest absolute Gasteiger partial charge is 0.456 e. The van der Waals surface area contributed by atoms with E-state index >= 15 is 0 Å². The van der Waals surface area contributed by atoms with E-state index in [1.807, 2.05) is 44.2 Å².